The van der Waals surface area contributed by atoms with Crippen molar-refractivity contribution < 1.29 is 18.7 Å². The van der Waals surface area contributed by atoms with E-state index in [0.29, 0.717) is 22.9 Å². The normalized spacial score (nSPS) is 17.7. The fourth-order valence-corrected chi connectivity index (χ4v) is 3.82. The highest BCUT2D eigenvalue weighted by Crippen LogP contribution is 2.32. The summed E-state index contributed by atoms with van der Waals surface area (Å²) in [6.45, 7) is 0.894. The number of carbonyl (C=O) groups excluding carboxylic acids is 1. The van der Waals surface area contributed by atoms with Gasteiger partial charge in [0, 0.05) is 18.5 Å². The summed E-state index contributed by atoms with van der Waals surface area (Å²) in [6.07, 6.45) is 3.32. The molecule has 0 saturated heterocycles. The Morgan fingerprint density at radius 1 is 1.10 bits per heavy atom. The molecule has 7 nitrogen and oxygen atoms in total. The molecule has 3 aromatic rings. The van der Waals surface area contributed by atoms with Crippen molar-refractivity contribution in [2.75, 3.05) is 11.9 Å². The van der Waals surface area contributed by atoms with Crippen molar-refractivity contribution in [1.29, 1.82) is 0 Å². The second kappa shape index (κ2) is 7.78. The minimum atomic E-state index is -0.868. The van der Waals surface area contributed by atoms with Gasteiger partial charge in [-0.3, -0.25) is 4.79 Å². The summed E-state index contributed by atoms with van der Waals surface area (Å²) in [6, 6.07) is 11.7. The number of anilines is 1. The predicted octanol–water partition coefficient (Wildman–Crippen LogP) is 3.59. The zero-order chi connectivity index (χ0) is 20.5. The average molecular weight is 408 g/mol. The summed E-state index contributed by atoms with van der Waals surface area (Å²) >= 11 is 0. The Morgan fingerprint density at radius 3 is 2.87 bits per heavy atom. The Labute approximate surface area is 172 Å². The molecule has 1 N–H and O–H groups in total. The maximum Gasteiger partial charge on any atom is 0.269 e. The number of nitrogens with zero attached hydrogens (tertiary/aromatic N) is 3. The molecule has 8 heteroatoms. The van der Waals surface area contributed by atoms with Gasteiger partial charge in [0.1, 0.15) is 18.2 Å². The largest absolute Gasteiger partial charge is 0.485 e. The van der Waals surface area contributed by atoms with Crippen LogP contribution >= 0.6 is 0 Å². The summed E-state index contributed by atoms with van der Waals surface area (Å²) in [4.78, 5) is 12.7. The molecule has 0 spiro atoms. The molecule has 2 aliphatic rings. The van der Waals surface area contributed by atoms with E-state index in [1.807, 2.05) is 6.07 Å². The third-order valence-electron chi connectivity index (χ3n) is 5.39. The van der Waals surface area contributed by atoms with E-state index in [1.54, 1.807) is 30.3 Å². The summed E-state index contributed by atoms with van der Waals surface area (Å²) in [5, 5.41) is 11.2. The van der Waals surface area contributed by atoms with E-state index < -0.39 is 17.8 Å². The van der Waals surface area contributed by atoms with E-state index in [0.717, 1.165) is 38.1 Å². The number of halogens is 1. The molecule has 0 aliphatic carbocycles. The molecule has 1 atom stereocenters. The van der Waals surface area contributed by atoms with E-state index in [1.165, 1.54) is 6.07 Å². The number of aryl methyl sites for hydroxylation is 1. The van der Waals surface area contributed by atoms with Gasteiger partial charge < -0.3 is 19.4 Å². The van der Waals surface area contributed by atoms with Crippen LogP contribution in [0.15, 0.2) is 42.5 Å². The Balaban J connectivity index is 1.37. The van der Waals surface area contributed by atoms with Gasteiger partial charge in [0.05, 0.1) is 5.69 Å². The van der Waals surface area contributed by atoms with Gasteiger partial charge in [0.15, 0.2) is 17.3 Å². The van der Waals surface area contributed by atoms with E-state index in [9.17, 15) is 9.18 Å². The Bertz CT molecular complexity index is 1100. The molecule has 0 radical (unpaired) electrons. The second-order valence-corrected chi connectivity index (χ2v) is 7.45. The van der Waals surface area contributed by atoms with Crippen molar-refractivity contribution in [1.82, 2.24) is 14.8 Å². The quantitative estimate of drug-likeness (QED) is 0.717. The molecule has 1 aromatic heterocycles. The monoisotopic (exact) mass is 408 g/mol. The molecule has 0 unspecified atom stereocenters. The van der Waals surface area contributed by atoms with Crippen molar-refractivity contribution in [3.8, 4) is 22.9 Å². The fraction of sp³-hybridized carbons (Fsp3) is 0.318. The standard InChI is InChI=1S/C22H21FN4O3/c23-15-10-9-14(21-26-25-20-8-2-1-5-11-27(20)21)12-16(15)24-22(28)19-13-29-17-6-3-4-7-18(17)30-19/h3-4,6-7,9-10,12,19H,1-2,5,8,11,13H2,(H,24,28)/t19-/m1/s1. The maximum absolute atomic E-state index is 14.5. The summed E-state index contributed by atoms with van der Waals surface area (Å²) in [7, 11) is 0. The first kappa shape index (κ1) is 18.6. The van der Waals surface area contributed by atoms with Gasteiger partial charge in [0.2, 0.25) is 6.10 Å². The number of para-hydroxylation sites is 2. The molecule has 3 heterocycles. The van der Waals surface area contributed by atoms with Gasteiger partial charge in [-0.1, -0.05) is 18.6 Å². The third-order valence-corrected chi connectivity index (χ3v) is 5.39. The van der Waals surface area contributed by atoms with Gasteiger partial charge in [0.25, 0.3) is 5.91 Å². The molecule has 0 bridgehead atoms. The molecular weight excluding hydrogens is 387 g/mol. The van der Waals surface area contributed by atoms with Crippen LogP contribution in [-0.2, 0) is 17.8 Å². The highest BCUT2D eigenvalue weighted by molar-refractivity contribution is 5.95. The number of hydrogen-bond acceptors (Lipinski definition) is 5. The number of carbonyl (C=O) groups is 1. The summed E-state index contributed by atoms with van der Waals surface area (Å²) in [5.41, 5.74) is 0.782. The van der Waals surface area contributed by atoms with Crippen molar-refractivity contribution in [2.45, 2.75) is 38.3 Å². The van der Waals surface area contributed by atoms with Crippen LogP contribution in [0, 0.1) is 5.82 Å². The minimum Gasteiger partial charge on any atom is -0.485 e. The topological polar surface area (TPSA) is 78.3 Å². The first-order chi connectivity index (χ1) is 14.7. The Hall–Kier alpha value is -3.42. The van der Waals surface area contributed by atoms with Crippen molar-refractivity contribution >= 4 is 11.6 Å². The zero-order valence-electron chi connectivity index (χ0n) is 16.3. The van der Waals surface area contributed by atoms with Crippen LogP contribution in [0.3, 0.4) is 0 Å². The van der Waals surface area contributed by atoms with Crippen molar-refractivity contribution in [2.24, 2.45) is 0 Å². The Kier molecular flexibility index (Phi) is 4.82. The van der Waals surface area contributed by atoms with Gasteiger partial charge in [-0.15, -0.1) is 10.2 Å². The number of hydrogen-bond donors (Lipinski definition) is 1. The number of fused-ring (bicyclic) bond motifs is 2. The SMILES string of the molecule is O=C(Nc1cc(-c2nnc3n2CCCCC3)ccc1F)[C@H]1COc2ccccc2O1. The predicted molar refractivity (Wildman–Crippen MR) is 108 cm³/mol. The molecule has 1 amide bonds. The minimum absolute atomic E-state index is 0.0574. The summed E-state index contributed by atoms with van der Waals surface area (Å²) < 4.78 is 27.8. The van der Waals surface area contributed by atoms with Gasteiger partial charge in [-0.05, 0) is 43.2 Å². The van der Waals surface area contributed by atoms with Crippen LogP contribution in [-0.4, -0.2) is 33.4 Å². The highest BCUT2D eigenvalue weighted by Gasteiger charge is 2.28. The lowest BCUT2D eigenvalue weighted by Gasteiger charge is -2.25. The lowest BCUT2D eigenvalue weighted by Crippen LogP contribution is -2.40. The first-order valence-electron chi connectivity index (χ1n) is 10.1. The van der Waals surface area contributed by atoms with Crippen LogP contribution in [0.25, 0.3) is 11.4 Å². The fourth-order valence-electron chi connectivity index (χ4n) is 3.82. The number of aromatic nitrogens is 3. The number of amides is 1. The van der Waals surface area contributed by atoms with Crippen molar-refractivity contribution in [3.63, 3.8) is 0 Å². The molecule has 0 fully saturated rings. The van der Waals surface area contributed by atoms with E-state index >= 15 is 0 Å². The van der Waals surface area contributed by atoms with Crippen molar-refractivity contribution in [3.05, 3.63) is 54.1 Å². The van der Waals surface area contributed by atoms with Gasteiger partial charge in [-0.2, -0.15) is 0 Å². The van der Waals surface area contributed by atoms with Crippen LogP contribution in [0.2, 0.25) is 0 Å². The van der Waals surface area contributed by atoms with Crippen LogP contribution in [0.1, 0.15) is 25.1 Å². The zero-order valence-corrected chi connectivity index (χ0v) is 16.3. The van der Waals surface area contributed by atoms with E-state index in [4.69, 9.17) is 9.47 Å². The van der Waals surface area contributed by atoms with E-state index in [2.05, 4.69) is 20.1 Å². The van der Waals surface area contributed by atoms with Crippen LogP contribution < -0.4 is 14.8 Å². The number of nitrogens with one attached hydrogen (secondary N) is 1. The smallest absolute Gasteiger partial charge is 0.269 e. The van der Waals surface area contributed by atoms with Crippen LogP contribution in [0.5, 0.6) is 11.5 Å². The molecular formula is C22H21FN4O3. The second-order valence-electron chi connectivity index (χ2n) is 7.45. The lowest BCUT2D eigenvalue weighted by atomic mass is 10.1. The molecule has 2 aliphatic heterocycles. The summed E-state index contributed by atoms with van der Waals surface area (Å²) in [5.74, 6) is 1.71. The first-order valence-corrected chi connectivity index (χ1v) is 10.1. The molecule has 2 aromatic carbocycles. The Morgan fingerprint density at radius 2 is 1.97 bits per heavy atom. The third kappa shape index (κ3) is 3.49. The van der Waals surface area contributed by atoms with Gasteiger partial charge >= 0.3 is 0 Å². The van der Waals surface area contributed by atoms with Gasteiger partial charge in [-0.25, -0.2) is 4.39 Å². The van der Waals surface area contributed by atoms with E-state index in [-0.39, 0.29) is 12.3 Å². The molecule has 0 saturated carbocycles. The number of ether oxygens (including phenoxy) is 2. The molecule has 30 heavy (non-hydrogen) atoms. The maximum atomic E-state index is 14.5. The van der Waals surface area contributed by atoms with Crippen LogP contribution in [0.4, 0.5) is 10.1 Å². The highest BCUT2D eigenvalue weighted by atomic mass is 19.1. The average Bonchev–Trinajstić information content (AvgIpc) is 3.03. The lowest BCUT2D eigenvalue weighted by molar-refractivity contribution is -0.125. The number of rotatable bonds is 3. The molecule has 154 valence electrons. The number of benzene rings is 2. The molecule has 5 rings (SSSR count).